The Morgan fingerprint density at radius 3 is 2.94 bits per heavy atom. The van der Waals surface area contributed by atoms with Crippen LogP contribution in [0.25, 0.3) is 10.2 Å². The lowest BCUT2D eigenvalue weighted by molar-refractivity contribution is 0.378. The average Bonchev–Trinajstić information content (AvgIpc) is 3.02. The Bertz CT molecular complexity index is 629. The second-order valence-corrected chi connectivity index (χ2v) is 5.95. The first-order valence-electron chi connectivity index (χ1n) is 5.65. The van der Waals surface area contributed by atoms with Crippen LogP contribution in [-0.4, -0.2) is 15.1 Å². The molecular weight excluding hydrogens is 266 g/mol. The van der Waals surface area contributed by atoms with Gasteiger partial charge in [0.25, 0.3) is 0 Å². The van der Waals surface area contributed by atoms with Gasteiger partial charge >= 0.3 is 0 Å². The molecule has 3 rings (SSSR count). The van der Waals surface area contributed by atoms with E-state index in [2.05, 4.69) is 21.2 Å². The molecule has 18 heavy (non-hydrogen) atoms. The van der Waals surface area contributed by atoms with Crippen LogP contribution in [0.4, 0.5) is 0 Å². The van der Waals surface area contributed by atoms with Crippen molar-refractivity contribution in [2.75, 3.05) is 0 Å². The Labute approximate surface area is 112 Å². The highest BCUT2D eigenvalue weighted by Gasteiger charge is 2.08. The molecule has 0 radical (unpaired) electrons. The van der Waals surface area contributed by atoms with E-state index in [1.807, 2.05) is 25.1 Å². The lowest BCUT2D eigenvalue weighted by atomic mass is 10.3. The Morgan fingerprint density at radius 1 is 1.28 bits per heavy atom. The maximum Gasteiger partial charge on any atom is 0.226 e. The summed E-state index contributed by atoms with van der Waals surface area (Å²) in [6.45, 7) is 2.00. The molecule has 6 heteroatoms. The fraction of sp³-hybridized carbons (Fsp3) is 0.250. The smallest absolute Gasteiger partial charge is 0.226 e. The topological polar surface area (TPSA) is 51.8 Å². The molecule has 0 aliphatic carbocycles. The van der Waals surface area contributed by atoms with Gasteiger partial charge in [0.05, 0.1) is 16.0 Å². The van der Waals surface area contributed by atoms with Crippen LogP contribution in [0.3, 0.4) is 0 Å². The van der Waals surface area contributed by atoms with E-state index in [9.17, 15) is 0 Å². The summed E-state index contributed by atoms with van der Waals surface area (Å²) in [5.74, 6) is 2.12. The molecule has 0 bridgehead atoms. The minimum Gasteiger partial charge on any atom is -0.339 e. The molecule has 0 atom stereocenters. The highest BCUT2D eigenvalue weighted by atomic mass is 32.2. The van der Waals surface area contributed by atoms with Crippen LogP contribution in [0.15, 0.2) is 33.1 Å². The monoisotopic (exact) mass is 277 g/mol. The van der Waals surface area contributed by atoms with Gasteiger partial charge in [-0.25, -0.2) is 4.98 Å². The molecule has 0 aliphatic heterocycles. The van der Waals surface area contributed by atoms with Crippen molar-refractivity contribution in [3.63, 3.8) is 0 Å². The summed E-state index contributed by atoms with van der Waals surface area (Å²) in [4.78, 5) is 8.83. The first kappa shape index (κ1) is 11.7. The zero-order valence-electron chi connectivity index (χ0n) is 9.79. The Balaban J connectivity index is 1.72. The zero-order chi connectivity index (χ0) is 12.4. The van der Waals surface area contributed by atoms with E-state index in [0.29, 0.717) is 11.6 Å². The number of aromatic nitrogens is 3. The number of thiazole rings is 1. The molecule has 0 N–H and O–H groups in total. The number of rotatable bonds is 4. The van der Waals surface area contributed by atoms with Crippen molar-refractivity contribution in [3.05, 3.63) is 36.0 Å². The average molecular weight is 277 g/mol. The number of hydrogen-bond donors (Lipinski definition) is 0. The predicted molar refractivity (Wildman–Crippen MR) is 72.9 cm³/mol. The Kier molecular flexibility index (Phi) is 3.29. The largest absolute Gasteiger partial charge is 0.339 e. The molecule has 0 unspecified atom stereocenters. The molecule has 0 saturated heterocycles. The summed E-state index contributed by atoms with van der Waals surface area (Å²) in [6.07, 6.45) is 0.777. The molecule has 92 valence electrons. The van der Waals surface area contributed by atoms with Gasteiger partial charge in [0, 0.05) is 6.42 Å². The van der Waals surface area contributed by atoms with Crippen molar-refractivity contribution in [1.29, 1.82) is 0 Å². The van der Waals surface area contributed by atoms with Crippen LogP contribution < -0.4 is 0 Å². The Morgan fingerprint density at radius 2 is 2.17 bits per heavy atom. The highest BCUT2D eigenvalue weighted by molar-refractivity contribution is 8.00. The third-order valence-corrected chi connectivity index (χ3v) is 4.59. The molecule has 0 saturated carbocycles. The van der Waals surface area contributed by atoms with E-state index in [1.54, 1.807) is 23.1 Å². The standard InChI is InChI=1S/C12H11N3OS2/c1-2-11-14-10(15-16-11)7-17-12-13-8-5-3-4-6-9(8)18-12/h3-6H,2,7H2,1H3. The summed E-state index contributed by atoms with van der Waals surface area (Å²) in [6, 6.07) is 8.14. The molecule has 1 aromatic carbocycles. The summed E-state index contributed by atoms with van der Waals surface area (Å²) in [5, 5.41) is 3.93. The van der Waals surface area contributed by atoms with Gasteiger partial charge in [0.15, 0.2) is 10.2 Å². The van der Waals surface area contributed by atoms with Crippen molar-refractivity contribution in [2.24, 2.45) is 0 Å². The first-order chi connectivity index (χ1) is 8.85. The fourth-order valence-electron chi connectivity index (χ4n) is 1.53. The minimum absolute atomic E-state index is 0.690. The third kappa shape index (κ3) is 2.39. The molecule has 0 spiro atoms. The van der Waals surface area contributed by atoms with E-state index in [4.69, 9.17) is 4.52 Å². The van der Waals surface area contributed by atoms with Crippen molar-refractivity contribution in [3.8, 4) is 0 Å². The van der Waals surface area contributed by atoms with Crippen LogP contribution in [0, 0.1) is 0 Å². The van der Waals surface area contributed by atoms with Gasteiger partial charge in [-0.05, 0) is 12.1 Å². The molecular formula is C12H11N3OS2. The van der Waals surface area contributed by atoms with E-state index in [-0.39, 0.29) is 0 Å². The van der Waals surface area contributed by atoms with Crippen molar-refractivity contribution >= 4 is 33.3 Å². The van der Waals surface area contributed by atoms with Crippen LogP contribution in [-0.2, 0) is 12.2 Å². The highest BCUT2D eigenvalue weighted by Crippen LogP contribution is 2.30. The van der Waals surface area contributed by atoms with E-state index in [0.717, 1.165) is 22.1 Å². The number of aryl methyl sites for hydroxylation is 1. The lowest BCUT2D eigenvalue weighted by Crippen LogP contribution is -1.84. The molecule has 2 heterocycles. The second kappa shape index (κ2) is 5.07. The summed E-state index contributed by atoms with van der Waals surface area (Å²) < 4.78 is 7.32. The van der Waals surface area contributed by atoms with Crippen LogP contribution in [0.5, 0.6) is 0 Å². The van der Waals surface area contributed by atoms with Crippen LogP contribution >= 0.6 is 23.1 Å². The second-order valence-electron chi connectivity index (χ2n) is 3.69. The number of benzene rings is 1. The van der Waals surface area contributed by atoms with Gasteiger partial charge in [-0.2, -0.15) is 4.98 Å². The van der Waals surface area contributed by atoms with Crippen molar-refractivity contribution in [2.45, 2.75) is 23.4 Å². The quantitative estimate of drug-likeness (QED) is 0.683. The number of fused-ring (bicyclic) bond motifs is 1. The van der Waals surface area contributed by atoms with E-state index in [1.165, 1.54) is 4.70 Å². The summed E-state index contributed by atoms with van der Waals surface area (Å²) in [5.41, 5.74) is 1.05. The molecule has 4 nitrogen and oxygen atoms in total. The molecule has 0 aliphatic rings. The van der Waals surface area contributed by atoms with Gasteiger partial charge < -0.3 is 4.52 Å². The predicted octanol–water partition coefficient (Wildman–Crippen LogP) is 3.53. The zero-order valence-corrected chi connectivity index (χ0v) is 11.4. The minimum atomic E-state index is 0.690. The molecule has 0 fully saturated rings. The number of hydrogen-bond acceptors (Lipinski definition) is 6. The summed E-state index contributed by atoms with van der Waals surface area (Å²) in [7, 11) is 0. The maximum atomic E-state index is 5.07. The summed E-state index contributed by atoms with van der Waals surface area (Å²) >= 11 is 3.34. The first-order valence-corrected chi connectivity index (χ1v) is 7.45. The fourth-order valence-corrected chi connectivity index (χ4v) is 3.44. The van der Waals surface area contributed by atoms with Gasteiger partial charge in [0.1, 0.15) is 0 Å². The number of para-hydroxylation sites is 1. The normalized spacial score (nSPS) is 11.2. The molecule has 0 amide bonds. The molecule has 2 aromatic heterocycles. The van der Waals surface area contributed by atoms with Gasteiger partial charge in [-0.1, -0.05) is 36.0 Å². The van der Waals surface area contributed by atoms with Gasteiger partial charge in [-0.15, -0.1) is 11.3 Å². The maximum absolute atomic E-state index is 5.07. The van der Waals surface area contributed by atoms with E-state index >= 15 is 0 Å². The van der Waals surface area contributed by atoms with Crippen molar-refractivity contribution in [1.82, 2.24) is 15.1 Å². The van der Waals surface area contributed by atoms with Gasteiger partial charge in [0.2, 0.25) is 5.89 Å². The van der Waals surface area contributed by atoms with Crippen LogP contribution in [0.1, 0.15) is 18.6 Å². The molecule has 3 aromatic rings. The number of nitrogens with zero attached hydrogens (tertiary/aromatic N) is 3. The number of thioether (sulfide) groups is 1. The van der Waals surface area contributed by atoms with Crippen molar-refractivity contribution < 1.29 is 4.52 Å². The van der Waals surface area contributed by atoms with Gasteiger partial charge in [-0.3, -0.25) is 0 Å². The van der Waals surface area contributed by atoms with Crippen LogP contribution in [0.2, 0.25) is 0 Å². The van der Waals surface area contributed by atoms with E-state index < -0.39 is 0 Å². The Hall–Kier alpha value is -1.40. The third-order valence-electron chi connectivity index (χ3n) is 2.41. The SMILES string of the molecule is CCc1nc(CSc2nc3ccccc3s2)no1. The lowest BCUT2D eigenvalue weighted by Gasteiger charge is -1.89.